The highest BCUT2D eigenvalue weighted by atomic mass is 16.2. The third-order valence-corrected chi connectivity index (χ3v) is 5.22. The van der Waals surface area contributed by atoms with Gasteiger partial charge in [-0.3, -0.25) is 4.79 Å². The van der Waals surface area contributed by atoms with E-state index in [1.807, 2.05) is 23.1 Å². The minimum atomic E-state index is 0.0464. The van der Waals surface area contributed by atoms with Crippen LogP contribution in [0.4, 0.5) is 11.5 Å². The van der Waals surface area contributed by atoms with Crippen molar-refractivity contribution in [3.05, 3.63) is 53.7 Å². The van der Waals surface area contributed by atoms with Gasteiger partial charge >= 0.3 is 0 Å². The number of nitrogens with zero attached hydrogens (tertiary/aromatic N) is 4. The Morgan fingerprint density at radius 3 is 2.60 bits per heavy atom. The molecule has 1 saturated heterocycles. The number of amides is 1. The van der Waals surface area contributed by atoms with E-state index < -0.39 is 0 Å². The van der Waals surface area contributed by atoms with Crippen LogP contribution in [0.25, 0.3) is 0 Å². The number of piperazine rings is 1. The van der Waals surface area contributed by atoms with Crippen molar-refractivity contribution in [1.29, 1.82) is 0 Å². The maximum atomic E-state index is 12.8. The highest BCUT2D eigenvalue weighted by molar-refractivity contribution is 5.93. The molecule has 1 aromatic carbocycles. The number of rotatable bonds is 3. The largest absolute Gasteiger partial charge is 0.335 e. The van der Waals surface area contributed by atoms with E-state index in [0.717, 1.165) is 51.5 Å². The third-order valence-electron chi connectivity index (χ3n) is 5.22. The molecule has 0 N–H and O–H groups in total. The minimum absolute atomic E-state index is 0.0464. The molecule has 5 nitrogen and oxygen atoms in total. The summed E-state index contributed by atoms with van der Waals surface area (Å²) in [5, 5.41) is 0. The summed E-state index contributed by atoms with van der Waals surface area (Å²) in [5.41, 5.74) is 3.10. The Bertz CT molecular complexity index is 768. The van der Waals surface area contributed by atoms with E-state index in [4.69, 9.17) is 0 Å². The zero-order valence-electron chi connectivity index (χ0n) is 14.7. The average molecular weight is 336 g/mol. The van der Waals surface area contributed by atoms with Crippen molar-refractivity contribution < 1.29 is 4.79 Å². The van der Waals surface area contributed by atoms with E-state index in [1.54, 1.807) is 0 Å². The summed E-state index contributed by atoms with van der Waals surface area (Å²) in [6.07, 6.45) is 1.02. The van der Waals surface area contributed by atoms with Crippen molar-refractivity contribution in [2.75, 3.05) is 44.2 Å². The zero-order valence-corrected chi connectivity index (χ0v) is 14.7. The molecule has 1 amide bonds. The van der Waals surface area contributed by atoms with Gasteiger partial charge in [-0.2, -0.15) is 0 Å². The Labute approximate surface area is 148 Å². The number of benzene rings is 1. The molecule has 0 radical (unpaired) electrons. The van der Waals surface area contributed by atoms with Crippen LogP contribution in [0.2, 0.25) is 0 Å². The molecule has 0 atom stereocenters. The second kappa shape index (κ2) is 6.84. The lowest BCUT2D eigenvalue weighted by molar-refractivity contribution is 0.0637. The maximum Gasteiger partial charge on any atom is 0.272 e. The second-order valence-corrected chi connectivity index (χ2v) is 6.64. The van der Waals surface area contributed by atoms with Crippen molar-refractivity contribution in [3.63, 3.8) is 0 Å². The van der Waals surface area contributed by atoms with Crippen molar-refractivity contribution in [3.8, 4) is 0 Å². The Kier molecular flexibility index (Phi) is 4.40. The Morgan fingerprint density at radius 2 is 1.80 bits per heavy atom. The summed E-state index contributed by atoms with van der Waals surface area (Å²) in [7, 11) is 0. The highest BCUT2D eigenvalue weighted by Gasteiger charge is 2.24. The number of likely N-dealkylation sites (N-methyl/N-ethyl adjacent to an activating group) is 1. The van der Waals surface area contributed by atoms with Crippen LogP contribution in [0.1, 0.15) is 23.0 Å². The van der Waals surface area contributed by atoms with Crippen molar-refractivity contribution in [2.45, 2.75) is 13.3 Å². The molecule has 2 aliphatic heterocycles. The molecule has 0 spiro atoms. The van der Waals surface area contributed by atoms with Gasteiger partial charge in [0.15, 0.2) is 0 Å². The molecule has 130 valence electrons. The van der Waals surface area contributed by atoms with Crippen LogP contribution in [0.5, 0.6) is 0 Å². The standard InChI is InChI=1S/C20H24N4O/c1-2-22-12-14-23(15-13-22)20(25)17-7-5-9-19(21-17)24-11-10-16-6-3-4-8-18(16)24/h3-9H,2,10-15H2,1H3. The van der Waals surface area contributed by atoms with Crippen LogP contribution < -0.4 is 4.90 Å². The van der Waals surface area contributed by atoms with Gasteiger partial charge in [-0.05, 0) is 36.7 Å². The fourth-order valence-electron chi connectivity index (χ4n) is 3.70. The molecule has 1 fully saturated rings. The fourth-order valence-corrected chi connectivity index (χ4v) is 3.70. The van der Waals surface area contributed by atoms with Gasteiger partial charge in [0.2, 0.25) is 0 Å². The predicted molar refractivity (Wildman–Crippen MR) is 99.4 cm³/mol. The molecule has 0 aliphatic carbocycles. The second-order valence-electron chi connectivity index (χ2n) is 6.64. The molecule has 2 aromatic rings. The molecular weight excluding hydrogens is 312 g/mol. The Morgan fingerprint density at radius 1 is 1.00 bits per heavy atom. The summed E-state index contributed by atoms with van der Waals surface area (Å²) in [6.45, 7) is 7.58. The monoisotopic (exact) mass is 336 g/mol. The lowest BCUT2D eigenvalue weighted by Crippen LogP contribution is -2.48. The maximum absolute atomic E-state index is 12.8. The molecule has 2 aliphatic rings. The van der Waals surface area contributed by atoms with Gasteiger partial charge in [0.1, 0.15) is 11.5 Å². The van der Waals surface area contributed by atoms with Crippen LogP contribution in [0.3, 0.4) is 0 Å². The zero-order chi connectivity index (χ0) is 17.2. The molecular formula is C20H24N4O. The Hall–Kier alpha value is -2.40. The van der Waals surface area contributed by atoms with Crippen LogP contribution in [-0.4, -0.2) is 60.0 Å². The normalized spacial score (nSPS) is 17.6. The van der Waals surface area contributed by atoms with Crippen LogP contribution in [0, 0.1) is 0 Å². The predicted octanol–water partition coefficient (Wildman–Crippen LogP) is 2.55. The number of para-hydroxylation sites is 1. The van der Waals surface area contributed by atoms with Gasteiger partial charge in [0, 0.05) is 38.4 Å². The summed E-state index contributed by atoms with van der Waals surface area (Å²) in [6, 6.07) is 14.2. The fraction of sp³-hybridized carbons (Fsp3) is 0.400. The van der Waals surface area contributed by atoms with E-state index in [9.17, 15) is 4.79 Å². The molecule has 4 rings (SSSR count). The third kappa shape index (κ3) is 3.12. The van der Waals surface area contributed by atoms with Crippen LogP contribution in [0.15, 0.2) is 42.5 Å². The van der Waals surface area contributed by atoms with Gasteiger partial charge in [0.05, 0.1) is 0 Å². The number of pyridine rings is 1. The van der Waals surface area contributed by atoms with Crippen molar-refractivity contribution in [1.82, 2.24) is 14.8 Å². The van der Waals surface area contributed by atoms with E-state index in [-0.39, 0.29) is 5.91 Å². The number of anilines is 2. The first-order valence-corrected chi connectivity index (χ1v) is 9.10. The topological polar surface area (TPSA) is 39.7 Å². The average Bonchev–Trinajstić information content (AvgIpc) is 3.12. The van der Waals surface area contributed by atoms with Crippen molar-refractivity contribution in [2.24, 2.45) is 0 Å². The van der Waals surface area contributed by atoms with E-state index in [2.05, 4.69) is 46.0 Å². The molecule has 0 saturated carbocycles. The van der Waals surface area contributed by atoms with Gasteiger partial charge in [0.25, 0.3) is 5.91 Å². The van der Waals surface area contributed by atoms with E-state index in [0.29, 0.717) is 5.69 Å². The minimum Gasteiger partial charge on any atom is -0.335 e. The van der Waals surface area contributed by atoms with Crippen LogP contribution in [-0.2, 0) is 6.42 Å². The van der Waals surface area contributed by atoms with E-state index in [1.165, 1.54) is 11.3 Å². The van der Waals surface area contributed by atoms with Crippen molar-refractivity contribution >= 4 is 17.4 Å². The highest BCUT2D eigenvalue weighted by Crippen LogP contribution is 2.33. The number of hydrogen-bond acceptors (Lipinski definition) is 4. The SMILES string of the molecule is CCN1CCN(C(=O)c2cccc(N3CCc4ccccc43)n2)CC1. The van der Waals surface area contributed by atoms with Gasteiger partial charge in [-0.15, -0.1) is 0 Å². The number of carbonyl (C=O) groups is 1. The first kappa shape index (κ1) is 16.1. The summed E-state index contributed by atoms with van der Waals surface area (Å²) < 4.78 is 0. The summed E-state index contributed by atoms with van der Waals surface area (Å²) in [4.78, 5) is 24.0. The first-order chi connectivity index (χ1) is 12.3. The quantitative estimate of drug-likeness (QED) is 0.864. The lowest BCUT2D eigenvalue weighted by Gasteiger charge is -2.34. The van der Waals surface area contributed by atoms with Gasteiger partial charge < -0.3 is 14.7 Å². The van der Waals surface area contributed by atoms with Crippen LogP contribution >= 0.6 is 0 Å². The molecule has 1 aromatic heterocycles. The number of hydrogen-bond donors (Lipinski definition) is 0. The summed E-state index contributed by atoms with van der Waals surface area (Å²) >= 11 is 0. The molecule has 0 unspecified atom stereocenters. The molecule has 25 heavy (non-hydrogen) atoms. The molecule has 5 heteroatoms. The lowest BCUT2D eigenvalue weighted by atomic mass is 10.2. The van der Waals surface area contributed by atoms with E-state index >= 15 is 0 Å². The Balaban J connectivity index is 1.53. The number of fused-ring (bicyclic) bond motifs is 1. The van der Waals surface area contributed by atoms with Gasteiger partial charge in [-0.25, -0.2) is 4.98 Å². The number of aromatic nitrogens is 1. The van der Waals surface area contributed by atoms with Gasteiger partial charge in [-0.1, -0.05) is 31.2 Å². The smallest absolute Gasteiger partial charge is 0.272 e. The molecule has 3 heterocycles. The summed E-state index contributed by atoms with van der Waals surface area (Å²) in [5.74, 6) is 0.910. The first-order valence-electron chi connectivity index (χ1n) is 9.10. The molecule has 0 bridgehead atoms. The number of carbonyl (C=O) groups excluding carboxylic acids is 1.